The summed E-state index contributed by atoms with van der Waals surface area (Å²) >= 11 is 0. The van der Waals surface area contributed by atoms with Crippen LogP contribution in [0.25, 0.3) is 0 Å². The molecule has 3 rings (SSSR count). The highest BCUT2D eigenvalue weighted by Gasteiger charge is 2.51. The van der Waals surface area contributed by atoms with Gasteiger partial charge in [-0.1, -0.05) is 6.92 Å². The molecule has 2 aromatic rings. The van der Waals surface area contributed by atoms with Crippen molar-refractivity contribution < 1.29 is 59.3 Å². The van der Waals surface area contributed by atoms with Crippen LogP contribution in [0.15, 0.2) is 29.3 Å². The van der Waals surface area contributed by atoms with Crippen molar-refractivity contribution in [3.63, 3.8) is 0 Å². The van der Waals surface area contributed by atoms with Crippen molar-refractivity contribution in [2.45, 2.75) is 63.8 Å². The second-order valence-electron chi connectivity index (χ2n) is 8.73. The molecular weight excluding hydrogens is 611 g/mol. The second-order valence-corrected chi connectivity index (χ2v) is 10.6. The number of terminal acetylenes is 1. The Kier molecular flexibility index (Phi) is 13.1. The summed E-state index contributed by atoms with van der Waals surface area (Å²) in [6, 6.07) is 3.76. The van der Waals surface area contributed by atoms with Gasteiger partial charge in [0.15, 0.2) is 11.5 Å². The summed E-state index contributed by atoms with van der Waals surface area (Å²) in [6.07, 6.45) is 0.234. The van der Waals surface area contributed by atoms with E-state index in [0.29, 0.717) is 13.8 Å². The zero-order chi connectivity index (χ0) is 33.2. The lowest BCUT2D eigenvalue weighted by molar-refractivity contribution is -0.242. The standard InChI is InChI=1S/C20H23F5N4O6S.C3H6O2.C2H2/c1-4-28-10-15(17(27-28)34-11-16(21)22)36(31,32)29-7-8-33-14-6-5-12(9-13(14)29)26-18(30)35-19(2,3)20(23,24)25;1-2-3(4)5;1-2/h5-6,9-10,16H,4,7-8,11H2,1-3H3,(H,26,30);2H2,1H3,(H,4,5);1-2H. The van der Waals surface area contributed by atoms with Gasteiger partial charge in [-0.15, -0.1) is 17.9 Å². The number of fused-ring (bicyclic) bond motifs is 1. The van der Waals surface area contributed by atoms with E-state index >= 15 is 0 Å². The number of aliphatic carboxylic acids is 1. The normalized spacial score (nSPS) is 12.9. The van der Waals surface area contributed by atoms with Crippen LogP contribution in [0.3, 0.4) is 0 Å². The van der Waals surface area contributed by atoms with Crippen molar-refractivity contribution in [2.24, 2.45) is 0 Å². The van der Waals surface area contributed by atoms with E-state index in [-0.39, 0.29) is 43.2 Å². The first-order chi connectivity index (χ1) is 19.9. The number of halogens is 5. The minimum Gasteiger partial charge on any atom is -0.489 e. The highest BCUT2D eigenvalue weighted by molar-refractivity contribution is 7.93. The molecule has 0 fully saturated rings. The quantitative estimate of drug-likeness (QED) is 0.292. The zero-order valence-electron chi connectivity index (χ0n) is 23.5. The van der Waals surface area contributed by atoms with Gasteiger partial charge >= 0.3 is 18.2 Å². The molecule has 0 atom stereocenters. The van der Waals surface area contributed by atoms with E-state index in [2.05, 4.69) is 28.0 Å². The van der Waals surface area contributed by atoms with Gasteiger partial charge in [-0.2, -0.15) is 13.2 Å². The minimum absolute atomic E-state index is 0.0572. The van der Waals surface area contributed by atoms with Gasteiger partial charge in [-0.05, 0) is 39.0 Å². The molecular formula is C25H31F5N4O8S. The maximum atomic E-state index is 13.5. The second kappa shape index (κ2) is 15.3. The van der Waals surface area contributed by atoms with Crippen LogP contribution < -0.4 is 19.1 Å². The van der Waals surface area contributed by atoms with Crippen LogP contribution >= 0.6 is 0 Å². The number of sulfonamides is 1. The minimum atomic E-state index is -4.83. The summed E-state index contributed by atoms with van der Waals surface area (Å²) in [5.41, 5.74) is -2.92. The van der Waals surface area contributed by atoms with Gasteiger partial charge in [0.25, 0.3) is 22.3 Å². The number of hydrogen-bond donors (Lipinski definition) is 2. The lowest BCUT2D eigenvalue weighted by atomic mass is 10.1. The molecule has 0 aliphatic carbocycles. The Hall–Kier alpha value is -4.27. The molecule has 240 valence electrons. The molecule has 2 heterocycles. The van der Waals surface area contributed by atoms with E-state index < -0.39 is 57.7 Å². The number of benzene rings is 1. The molecule has 18 heteroatoms. The van der Waals surface area contributed by atoms with Crippen LogP contribution in [0.5, 0.6) is 11.6 Å². The number of carboxylic acid groups (broad SMARTS) is 1. The number of alkyl halides is 5. The third kappa shape index (κ3) is 9.91. The number of nitrogens with one attached hydrogen (secondary N) is 1. The number of rotatable bonds is 9. The average Bonchev–Trinajstić information content (AvgIpc) is 3.36. The number of aryl methyl sites for hydroxylation is 1. The number of carbonyl (C=O) groups is 2. The molecule has 0 unspecified atom stereocenters. The Labute approximate surface area is 244 Å². The molecule has 12 nitrogen and oxygen atoms in total. The van der Waals surface area contributed by atoms with Gasteiger partial charge in [-0.25, -0.2) is 22.0 Å². The van der Waals surface area contributed by atoms with Gasteiger partial charge < -0.3 is 19.3 Å². The fourth-order valence-electron chi connectivity index (χ4n) is 3.04. The van der Waals surface area contributed by atoms with Gasteiger partial charge in [-0.3, -0.25) is 19.1 Å². The van der Waals surface area contributed by atoms with Crippen molar-refractivity contribution in [1.29, 1.82) is 0 Å². The molecule has 1 aliphatic rings. The molecule has 2 N–H and O–H groups in total. The number of hydrogen-bond acceptors (Lipinski definition) is 8. The molecule has 1 aliphatic heterocycles. The van der Waals surface area contributed by atoms with Crippen LogP contribution in [0.2, 0.25) is 0 Å². The predicted molar refractivity (Wildman–Crippen MR) is 144 cm³/mol. The predicted octanol–water partition coefficient (Wildman–Crippen LogP) is 4.75. The van der Waals surface area contributed by atoms with Gasteiger partial charge in [0.05, 0.1) is 12.2 Å². The SMILES string of the molecule is C#C.CCC(=O)O.CCn1cc(S(=O)(=O)N2CCOc3ccc(NC(=O)OC(C)(C)C(F)(F)F)cc32)c(OCC(F)F)n1. The molecule has 0 spiro atoms. The molecule has 1 aromatic carbocycles. The van der Waals surface area contributed by atoms with Crippen LogP contribution in [0.4, 0.5) is 38.1 Å². The van der Waals surface area contributed by atoms with E-state index in [4.69, 9.17) is 14.6 Å². The van der Waals surface area contributed by atoms with Crippen molar-refractivity contribution in [3.05, 3.63) is 24.4 Å². The van der Waals surface area contributed by atoms with E-state index in [1.807, 2.05) is 0 Å². The van der Waals surface area contributed by atoms with E-state index in [0.717, 1.165) is 16.6 Å². The molecule has 0 saturated heterocycles. The summed E-state index contributed by atoms with van der Waals surface area (Å²) in [6.45, 7) is 3.49. The fourth-order valence-corrected chi connectivity index (χ4v) is 4.57. The van der Waals surface area contributed by atoms with Gasteiger partial charge in [0, 0.05) is 24.8 Å². The Morgan fingerprint density at radius 1 is 1.21 bits per heavy atom. The average molecular weight is 643 g/mol. The Balaban J connectivity index is 0.00000120. The fraction of sp³-hybridized carbons (Fsp3) is 0.480. The number of anilines is 2. The third-order valence-electron chi connectivity index (χ3n) is 5.29. The maximum absolute atomic E-state index is 13.5. The Morgan fingerprint density at radius 3 is 2.33 bits per heavy atom. The summed E-state index contributed by atoms with van der Waals surface area (Å²) < 4.78 is 108. The summed E-state index contributed by atoms with van der Waals surface area (Å²) in [5, 5.41) is 13.7. The maximum Gasteiger partial charge on any atom is 0.427 e. The third-order valence-corrected chi connectivity index (χ3v) is 7.09. The van der Waals surface area contributed by atoms with Crippen LogP contribution in [0, 0.1) is 12.8 Å². The molecule has 0 radical (unpaired) electrons. The zero-order valence-corrected chi connectivity index (χ0v) is 24.3. The molecule has 1 aromatic heterocycles. The van der Waals surface area contributed by atoms with Gasteiger partial charge in [0.2, 0.25) is 5.60 Å². The number of carboxylic acids is 1. The van der Waals surface area contributed by atoms with Gasteiger partial charge in [0.1, 0.15) is 12.4 Å². The number of carbonyl (C=O) groups excluding carboxylic acids is 1. The number of aromatic nitrogens is 2. The highest BCUT2D eigenvalue weighted by Crippen LogP contribution is 2.39. The lowest BCUT2D eigenvalue weighted by Crippen LogP contribution is -2.44. The monoisotopic (exact) mass is 642 g/mol. The summed E-state index contributed by atoms with van der Waals surface area (Å²) in [7, 11) is -4.43. The largest absolute Gasteiger partial charge is 0.489 e. The van der Waals surface area contributed by atoms with Crippen molar-refractivity contribution >= 4 is 33.5 Å². The topological polar surface area (TPSA) is 149 Å². The van der Waals surface area contributed by atoms with Crippen molar-refractivity contribution in [1.82, 2.24) is 9.78 Å². The van der Waals surface area contributed by atoms with E-state index in [1.54, 1.807) is 13.8 Å². The highest BCUT2D eigenvalue weighted by atomic mass is 32.2. The first-order valence-electron chi connectivity index (χ1n) is 12.3. The Bertz CT molecular complexity index is 1380. The van der Waals surface area contributed by atoms with E-state index in [1.165, 1.54) is 16.8 Å². The lowest BCUT2D eigenvalue weighted by Gasteiger charge is -2.31. The molecule has 43 heavy (non-hydrogen) atoms. The molecule has 0 bridgehead atoms. The number of amides is 1. The number of nitrogens with zero attached hydrogens (tertiary/aromatic N) is 3. The van der Waals surface area contributed by atoms with Crippen LogP contribution in [-0.2, 0) is 26.1 Å². The first-order valence-corrected chi connectivity index (χ1v) is 13.8. The molecule has 0 saturated carbocycles. The van der Waals surface area contributed by atoms with E-state index in [9.17, 15) is 40.0 Å². The van der Waals surface area contributed by atoms with Crippen LogP contribution in [-0.4, -0.2) is 73.3 Å². The summed E-state index contributed by atoms with van der Waals surface area (Å²) in [4.78, 5) is 21.0. The smallest absolute Gasteiger partial charge is 0.427 e. The van der Waals surface area contributed by atoms with Crippen LogP contribution in [0.1, 0.15) is 34.1 Å². The first kappa shape index (κ1) is 36.8. The number of ether oxygens (including phenoxy) is 3. The Morgan fingerprint density at radius 2 is 1.81 bits per heavy atom. The molecule has 1 amide bonds. The van der Waals surface area contributed by atoms with Crippen molar-refractivity contribution in [2.75, 3.05) is 29.4 Å². The van der Waals surface area contributed by atoms with Crippen molar-refractivity contribution in [3.8, 4) is 24.5 Å². The summed E-state index contributed by atoms with van der Waals surface area (Å²) in [5.74, 6) is -1.17.